The molecule has 0 aromatic heterocycles. The van der Waals surface area contributed by atoms with Crippen molar-refractivity contribution in [1.82, 2.24) is 9.13 Å². The van der Waals surface area contributed by atoms with Gasteiger partial charge in [0.05, 0.1) is 0 Å². The molecule has 17 heavy (non-hydrogen) atoms. The maximum atomic E-state index is 6.13. The number of nitrogens with zero attached hydrogens (tertiary/aromatic N) is 2. The molecule has 0 spiro atoms. The summed E-state index contributed by atoms with van der Waals surface area (Å²) in [5.41, 5.74) is 0. The minimum Gasteiger partial charge on any atom is -0.441 e. The van der Waals surface area contributed by atoms with E-state index in [1.165, 1.54) is 0 Å². The second-order valence-corrected chi connectivity index (χ2v) is 9.48. The molecule has 0 saturated heterocycles. The lowest BCUT2D eigenvalue weighted by Crippen LogP contribution is -2.46. The van der Waals surface area contributed by atoms with Gasteiger partial charge in [0.25, 0.3) is 0 Å². The molecule has 0 fully saturated rings. The van der Waals surface area contributed by atoms with Gasteiger partial charge in [0.15, 0.2) is 0 Å². The quantitative estimate of drug-likeness (QED) is 0.621. The van der Waals surface area contributed by atoms with Gasteiger partial charge >= 0.3 is 0 Å². The fourth-order valence-electron chi connectivity index (χ4n) is 2.04. The van der Waals surface area contributed by atoms with Gasteiger partial charge in [0.2, 0.25) is 19.8 Å². The molecule has 0 unspecified atom stereocenters. The van der Waals surface area contributed by atoms with E-state index >= 15 is 0 Å². The van der Waals surface area contributed by atoms with E-state index in [4.69, 9.17) is 4.12 Å². The predicted octanol–water partition coefficient (Wildman–Crippen LogP) is 1.24. The Morgan fingerprint density at radius 1 is 0.588 bits per heavy atom. The highest BCUT2D eigenvalue weighted by atomic mass is 28.3. The lowest BCUT2D eigenvalue weighted by atomic mass is 10.3. The van der Waals surface area contributed by atoms with Crippen LogP contribution < -0.4 is 0 Å². The van der Waals surface area contributed by atoms with Crippen molar-refractivity contribution in [3.8, 4) is 0 Å². The molecule has 0 N–H and O–H groups in total. The van der Waals surface area contributed by atoms with Gasteiger partial charge in [-0.1, -0.05) is 55.4 Å². The van der Waals surface area contributed by atoms with E-state index in [1.807, 2.05) is 0 Å². The molecule has 0 saturated carbocycles. The molecule has 0 rings (SSSR count). The summed E-state index contributed by atoms with van der Waals surface area (Å²) in [6, 6.07) is 2.45. The van der Waals surface area contributed by atoms with Crippen LogP contribution >= 0.6 is 0 Å². The van der Waals surface area contributed by atoms with Crippen LogP contribution in [0.15, 0.2) is 0 Å². The number of hydrogen-bond donors (Lipinski definition) is 0. The standard InChI is InChI=1S/C12H32N2OSi2/c1-9(2)13(10(3)4)16-15-17-14(11(5)6)12(7)8/h9-12H,16-17H2,1-8H3. The van der Waals surface area contributed by atoms with Crippen molar-refractivity contribution in [1.29, 1.82) is 0 Å². The van der Waals surface area contributed by atoms with Crippen molar-refractivity contribution in [2.24, 2.45) is 0 Å². The fraction of sp³-hybridized carbons (Fsp3) is 1.00. The summed E-state index contributed by atoms with van der Waals surface area (Å²) in [6.45, 7) is 18.1. The summed E-state index contributed by atoms with van der Waals surface area (Å²) in [5, 5.41) is 0. The molecule has 0 aliphatic carbocycles. The van der Waals surface area contributed by atoms with Crippen molar-refractivity contribution in [2.45, 2.75) is 79.6 Å². The van der Waals surface area contributed by atoms with Gasteiger partial charge < -0.3 is 13.2 Å². The average molecular weight is 277 g/mol. The summed E-state index contributed by atoms with van der Waals surface area (Å²) < 4.78 is 11.2. The minimum atomic E-state index is -0.523. The summed E-state index contributed by atoms with van der Waals surface area (Å²) in [6.07, 6.45) is 0. The van der Waals surface area contributed by atoms with Crippen LogP contribution in [0.5, 0.6) is 0 Å². The van der Waals surface area contributed by atoms with Crippen LogP contribution in [0.1, 0.15) is 55.4 Å². The van der Waals surface area contributed by atoms with Gasteiger partial charge in [-0.05, 0) is 24.2 Å². The molecule has 0 aliphatic heterocycles. The van der Waals surface area contributed by atoms with E-state index in [-0.39, 0.29) is 0 Å². The molecule has 0 amide bonds. The predicted molar refractivity (Wildman–Crippen MR) is 82.4 cm³/mol. The molecule has 0 atom stereocenters. The van der Waals surface area contributed by atoms with Gasteiger partial charge in [-0.2, -0.15) is 0 Å². The molecule has 3 nitrogen and oxygen atoms in total. The molecule has 5 heteroatoms. The zero-order valence-corrected chi connectivity index (χ0v) is 15.9. The summed E-state index contributed by atoms with van der Waals surface area (Å²) in [4.78, 5) is 0. The smallest absolute Gasteiger partial charge is 0.228 e. The Morgan fingerprint density at radius 3 is 1.00 bits per heavy atom. The minimum absolute atomic E-state index is 0.523. The molecular formula is C12H32N2OSi2. The third-order valence-electron chi connectivity index (χ3n) is 3.13. The highest BCUT2D eigenvalue weighted by Gasteiger charge is 2.17. The Bertz CT molecular complexity index is 163. The number of hydrogen-bond acceptors (Lipinski definition) is 3. The third-order valence-corrected chi connectivity index (χ3v) is 8.11. The Balaban J connectivity index is 4.10. The second-order valence-electron chi connectivity index (χ2n) is 5.87. The summed E-state index contributed by atoms with van der Waals surface area (Å²) in [5.74, 6) is 0. The first-order chi connectivity index (χ1) is 7.77. The van der Waals surface area contributed by atoms with E-state index in [2.05, 4.69) is 64.5 Å². The van der Waals surface area contributed by atoms with Crippen molar-refractivity contribution in [3.05, 3.63) is 0 Å². The lowest BCUT2D eigenvalue weighted by molar-refractivity contribution is 0.257. The van der Waals surface area contributed by atoms with Crippen molar-refractivity contribution in [3.63, 3.8) is 0 Å². The van der Waals surface area contributed by atoms with E-state index in [0.29, 0.717) is 24.2 Å². The average Bonchev–Trinajstić information content (AvgIpc) is 2.14. The third kappa shape index (κ3) is 6.71. The molecule has 0 aromatic carbocycles. The molecule has 0 bridgehead atoms. The van der Waals surface area contributed by atoms with Gasteiger partial charge in [-0.15, -0.1) is 0 Å². The van der Waals surface area contributed by atoms with Crippen LogP contribution in [0, 0.1) is 0 Å². The Labute approximate surface area is 113 Å². The normalized spacial score (nSPS) is 14.5. The van der Waals surface area contributed by atoms with Crippen LogP contribution in [-0.2, 0) is 4.12 Å². The highest BCUT2D eigenvalue weighted by molar-refractivity contribution is 6.39. The molecule has 0 radical (unpaired) electrons. The molecule has 0 aromatic rings. The van der Waals surface area contributed by atoms with Gasteiger partial charge in [-0.3, -0.25) is 0 Å². The molecule has 0 aliphatic rings. The fourth-order valence-corrected chi connectivity index (χ4v) is 5.25. The molecule has 104 valence electrons. The molecule has 0 heterocycles. The maximum Gasteiger partial charge on any atom is 0.228 e. The van der Waals surface area contributed by atoms with Crippen molar-refractivity contribution < 1.29 is 4.12 Å². The maximum absolute atomic E-state index is 6.13. The number of rotatable bonds is 8. The van der Waals surface area contributed by atoms with E-state index < -0.39 is 19.8 Å². The largest absolute Gasteiger partial charge is 0.441 e. The second kappa shape index (κ2) is 8.42. The van der Waals surface area contributed by atoms with Crippen molar-refractivity contribution in [2.75, 3.05) is 0 Å². The lowest BCUT2D eigenvalue weighted by Gasteiger charge is -2.33. The summed E-state index contributed by atoms with van der Waals surface area (Å²) in [7, 11) is -1.05. The van der Waals surface area contributed by atoms with Gasteiger partial charge in [-0.25, -0.2) is 0 Å². The SMILES string of the molecule is CC(C)N([SiH2]O[SiH2]N(C(C)C)C(C)C)C(C)C. The van der Waals surface area contributed by atoms with E-state index in [9.17, 15) is 0 Å². The van der Waals surface area contributed by atoms with Crippen LogP contribution in [-0.4, -0.2) is 53.1 Å². The van der Waals surface area contributed by atoms with Crippen LogP contribution in [0.4, 0.5) is 0 Å². The highest BCUT2D eigenvalue weighted by Crippen LogP contribution is 2.05. The topological polar surface area (TPSA) is 15.7 Å². The molecular weight excluding hydrogens is 244 g/mol. The van der Waals surface area contributed by atoms with Crippen LogP contribution in [0.2, 0.25) is 0 Å². The zero-order chi connectivity index (χ0) is 13.6. The van der Waals surface area contributed by atoms with Gasteiger partial charge in [0.1, 0.15) is 0 Å². The van der Waals surface area contributed by atoms with Crippen molar-refractivity contribution >= 4 is 19.8 Å². The first-order valence-electron chi connectivity index (χ1n) is 6.86. The Kier molecular flexibility index (Phi) is 8.58. The first-order valence-corrected chi connectivity index (χ1v) is 9.28. The Morgan fingerprint density at radius 2 is 0.824 bits per heavy atom. The first kappa shape index (κ1) is 17.3. The van der Waals surface area contributed by atoms with E-state index in [0.717, 1.165) is 0 Å². The van der Waals surface area contributed by atoms with E-state index in [1.54, 1.807) is 0 Å². The monoisotopic (exact) mass is 276 g/mol. The van der Waals surface area contributed by atoms with Crippen LogP contribution in [0.25, 0.3) is 0 Å². The zero-order valence-electron chi connectivity index (χ0n) is 13.0. The summed E-state index contributed by atoms with van der Waals surface area (Å²) >= 11 is 0. The Hall–Kier alpha value is 0.314. The van der Waals surface area contributed by atoms with Crippen LogP contribution in [0.3, 0.4) is 0 Å². The van der Waals surface area contributed by atoms with Gasteiger partial charge in [0, 0.05) is 0 Å².